The molecule has 0 saturated heterocycles. The topological polar surface area (TPSA) is 69.7 Å². The van der Waals surface area contributed by atoms with Gasteiger partial charge in [-0.25, -0.2) is 0 Å². The largest absolute Gasteiger partial charge is 0.350 e. The number of carbonyl (C=O) groups excluding carboxylic acids is 3. The highest BCUT2D eigenvalue weighted by Gasteiger charge is 2.40. The number of nitrogens with zero attached hydrogens (tertiary/aromatic N) is 2. The van der Waals surface area contributed by atoms with Gasteiger partial charge in [0.2, 0.25) is 5.91 Å². The number of amides is 3. The van der Waals surface area contributed by atoms with Crippen molar-refractivity contribution in [1.29, 1.82) is 0 Å². The molecule has 26 heavy (non-hydrogen) atoms. The van der Waals surface area contributed by atoms with Crippen molar-refractivity contribution < 1.29 is 14.4 Å². The lowest BCUT2D eigenvalue weighted by atomic mass is 10.1. The lowest BCUT2D eigenvalue weighted by molar-refractivity contribution is -0.123. The Morgan fingerprint density at radius 1 is 1.04 bits per heavy atom. The number of hydrogen-bond acceptors (Lipinski definition) is 3. The summed E-state index contributed by atoms with van der Waals surface area (Å²) in [4.78, 5) is 41.1. The zero-order chi connectivity index (χ0) is 18.3. The van der Waals surface area contributed by atoms with Gasteiger partial charge in [-0.1, -0.05) is 30.3 Å². The number of carbonyl (C=O) groups is 3. The van der Waals surface area contributed by atoms with Crippen molar-refractivity contribution in [3.05, 3.63) is 59.7 Å². The van der Waals surface area contributed by atoms with E-state index in [4.69, 9.17) is 0 Å². The molecule has 2 heterocycles. The molecule has 4 rings (SSSR count). The maximum absolute atomic E-state index is 13.4. The quantitative estimate of drug-likeness (QED) is 0.853. The van der Waals surface area contributed by atoms with Crippen LogP contribution in [0.1, 0.15) is 22.8 Å². The van der Waals surface area contributed by atoms with E-state index in [0.717, 1.165) is 11.3 Å². The molecule has 2 aliphatic rings. The first-order chi connectivity index (χ1) is 12.6. The van der Waals surface area contributed by atoms with Crippen LogP contribution in [0.5, 0.6) is 0 Å². The Hall–Kier alpha value is -3.15. The molecule has 0 unspecified atom stereocenters. The van der Waals surface area contributed by atoms with Gasteiger partial charge in [0.1, 0.15) is 6.04 Å². The van der Waals surface area contributed by atoms with Crippen molar-refractivity contribution >= 4 is 29.1 Å². The van der Waals surface area contributed by atoms with Crippen LogP contribution in [0.25, 0.3) is 0 Å². The van der Waals surface area contributed by atoms with E-state index in [1.807, 2.05) is 30.3 Å². The third-order valence-electron chi connectivity index (χ3n) is 4.93. The summed E-state index contributed by atoms with van der Waals surface area (Å²) in [6, 6.07) is 14.1. The Labute approximate surface area is 151 Å². The predicted molar refractivity (Wildman–Crippen MR) is 98.2 cm³/mol. The molecule has 1 atom stereocenters. The molecule has 6 heteroatoms. The minimum Gasteiger partial charge on any atom is -0.350 e. The zero-order valence-corrected chi connectivity index (χ0v) is 14.4. The molecule has 0 spiro atoms. The van der Waals surface area contributed by atoms with E-state index in [1.54, 1.807) is 28.0 Å². The molecule has 3 amide bonds. The van der Waals surface area contributed by atoms with Crippen molar-refractivity contribution in [2.45, 2.75) is 19.4 Å². The molecular formula is C20H19N3O3. The lowest BCUT2D eigenvalue weighted by Crippen LogP contribution is -2.50. The van der Waals surface area contributed by atoms with Gasteiger partial charge in [0.15, 0.2) is 0 Å². The van der Waals surface area contributed by atoms with Crippen molar-refractivity contribution in [1.82, 2.24) is 5.32 Å². The van der Waals surface area contributed by atoms with Crippen molar-refractivity contribution in [2.24, 2.45) is 0 Å². The smallest absolute Gasteiger partial charge is 0.253 e. The fraction of sp³-hybridized carbons (Fsp3) is 0.250. The molecule has 132 valence electrons. The molecule has 0 bridgehead atoms. The van der Waals surface area contributed by atoms with E-state index in [0.29, 0.717) is 30.8 Å². The van der Waals surface area contributed by atoms with Gasteiger partial charge < -0.3 is 10.2 Å². The van der Waals surface area contributed by atoms with Crippen LogP contribution in [0.4, 0.5) is 11.4 Å². The zero-order valence-electron chi connectivity index (χ0n) is 14.4. The monoisotopic (exact) mass is 349 g/mol. The summed E-state index contributed by atoms with van der Waals surface area (Å²) in [7, 11) is 0. The molecule has 2 aromatic carbocycles. The number of rotatable bonds is 1. The van der Waals surface area contributed by atoms with Crippen LogP contribution >= 0.6 is 0 Å². The maximum atomic E-state index is 13.4. The van der Waals surface area contributed by atoms with Gasteiger partial charge >= 0.3 is 0 Å². The second-order valence-electron chi connectivity index (χ2n) is 6.50. The minimum absolute atomic E-state index is 0.161. The first-order valence-electron chi connectivity index (χ1n) is 8.64. The SMILES string of the molecule is CC(=O)N1c2ccccc2C[C@H]1C(=O)N1CCNC(=O)c2ccccc21. The van der Waals surface area contributed by atoms with Gasteiger partial charge in [0.25, 0.3) is 11.8 Å². The minimum atomic E-state index is -0.592. The maximum Gasteiger partial charge on any atom is 0.253 e. The summed E-state index contributed by atoms with van der Waals surface area (Å²) in [5, 5.41) is 2.81. The lowest BCUT2D eigenvalue weighted by Gasteiger charge is -2.30. The molecule has 2 aliphatic heterocycles. The average Bonchev–Trinajstić information content (AvgIpc) is 2.96. The van der Waals surface area contributed by atoms with Crippen LogP contribution < -0.4 is 15.1 Å². The fourth-order valence-corrected chi connectivity index (χ4v) is 3.78. The van der Waals surface area contributed by atoms with Gasteiger partial charge in [0, 0.05) is 32.1 Å². The normalized spacial score (nSPS) is 18.7. The number of fused-ring (bicyclic) bond motifs is 2. The third-order valence-corrected chi connectivity index (χ3v) is 4.93. The third kappa shape index (κ3) is 2.54. The molecule has 0 fully saturated rings. The Morgan fingerprint density at radius 2 is 1.73 bits per heavy atom. The van der Waals surface area contributed by atoms with Crippen molar-refractivity contribution in [3.8, 4) is 0 Å². The van der Waals surface area contributed by atoms with Crippen LogP contribution in [0, 0.1) is 0 Å². The summed E-state index contributed by atoms with van der Waals surface area (Å²) in [5.41, 5.74) is 2.84. The number of benzene rings is 2. The van der Waals surface area contributed by atoms with Crippen LogP contribution in [-0.4, -0.2) is 36.9 Å². The number of hydrogen-bond donors (Lipinski definition) is 1. The summed E-state index contributed by atoms with van der Waals surface area (Å²) >= 11 is 0. The molecule has 0 aliphatic carbocycles. The molecule has 2 aromatic rings. The van der Waals surface area contributed by atoms with Crippen LogP contribution in [0.2, 0.25) is 0 Å². The van der Waals surface area contributed by atoms with Gasteiger partial charge in [-0.05, 0) is 23.8 Å². The van der Waals surface area contributed by atoms with Crippen molar-refractivity contribution in [2.75, 3.05) is 22.9 Å². The summed E-state index contributed by atoms with van der Waals surface area (Å²) < 4.78 is 0. The van der Waals surface area contributed by atoms with Gasteiger partial charge in [-0.2, -0.15) is 0 Å². The van der Waals surface area contributed by atoms with Crippen molar-refractivity contribution in [3.63, 3.8) is 0 Å². The van der Waals surface area contributed by atoms with E-state index in [-0.39, 0.29) is 17.7 Å². The number of anilines is 2. The molecular weight excluding hydrogens is 330 g/mol. The highest BCUT2D eigenvalue weighted by Crippen LogP contribution is 2.34. The summed E-state index contributed by atoms with van der Waals surface area (Å²) in [6.45, 7) is 2.23. The van der Waals surface area contributed by atoms with E-state index in [2.05, 4.69) is 5.32 Å². The Bertz CT molecular complexity index is 909. The Morgan fingerprint density at radius 3 is 2.50 bits per heavy atom. The number of nitrogens with one attached hydrogen (secondary N) is 1. The van der Waals surface area contributed by atoms with E-state index in [1.165, 1.54) is 6.92 Å². The van der Waals surface area contributed by atoms with Crippen LogP contribution in [-0.2, 0) is 16.0 Å². The first kappa shape index (κ1) is 16.3. The van der Waals surface area contributed by atoms with Gasteiger partial charge in [-0.3, -0.25) is 19.3 Å². The van der Waals surface area contributed by atoms with Crippen LogP contribution in [0.3, 0.4) is 0 Å². The summed E-state index contributed by atoms with van der Waals surface area (Å²) in [5.74, 6) is -0.514. The summed E-state index contributed by atoms with van der Waals surface area (Å²) in [6.07, 6.45) is 0.481. The highest BCUT2D eigenvalue weighted by atomic mass is 16.2. The second-order valence-corrected chi connectivity index (χ2v) is 6.50. The van der Waals surface area contributed by atoms with E-state index < -0.39 is 6.04 Å². The van der Waals surface area contributed by atoms with E-state index in [9.17, 15) is 14.4 Å². The predicted octanol–water partition coefficient (Wildman–Crippen LogP) is 1.74. The highest BCUT2D eigenvalue weighted by molar-refractivity contribution is 6.11. The molecule has 0 aromatic heterocycles. The first-order valence-corrected chi connectivity index (χ1v) is 8.64. The van der Waals surface area contributed by atoms with Crippen LogP contribution in [0.15, 0.2) is 48.5 Å². The average molecular weight is 349 g/mol. The van der Waals surface area contributed by atoms with Gasteiger partial charge in [0.05, 0.1) is 11.3 Å². The molecule has 1 N–H and O–H groups in total. The Kier molecular flexibility index (Phi) is 3.95. The molecule has 0 saturated carbocycles. The standard InChI is InChI=1S/C20H19N3O3/c1-13(24)23-16-8-4-2-6-14(16)12-18(23)20(26)22-11-10-21-19(25)15-7-3-5-9-17(15)22/h2-9,18H,10-12H2,1H3,(H,21,25)/t18-/m0/s1. The molecule has 0 radical (unpaired) electrons. The Balaban J connectivity index is 1.73. The second kappa shape index (κ2) is 6.29. The van der Waals surface area contributed by atoms with Gasteiger partial charge in [-0.15, -0.1) is 0 Å². The molecule has 6 nitrogen and oxygen atoms in total. The fourth-order valence-electron chi connectivity index (χ4n) is 3.78. The number of para-hydroxylation sites is 2. The van der Waals surface area contributed by atoms with E-state index >= 15 is 0 Å².